The van der Waals surface area contributed by atoms with Gasteiger partial charge in [0, 0.05) is 28.6 Å². The molecule has 1 heterocycles. The molecule has 4 aromatic rings. The van der Waals surface area contributed by atoms with E-state index < -0.39 is 0 Å². The summed E-state index contributed by atoms with van der Waals surface area (Å²) in [4.78, 5) is 13.0. The SMILES string of the molecule is COc1ccc(Cn2c3c(c4ccccc42)C(=O)c2ccccc2-3)cc1. The monoisotopic (exact) mass is 339 g/mol. The number of hydrogen-bond acceptors (Lipinski definition) is 2. The Kier molecular flexibility index (Phi) is 3.22. The van der Waals surface area contributed by atoms with Crippen LogP contribution in [-0.4, -0.2) is 17.5 Å². The van der Waals surface area contributed by atoms with E-state index in [0.717, 1.165) is 39.0 Å². The van der Waals surface area contributed by atoms with Gasteiger partial charge in [-0.1, -0.05) is 54.6 Å². The number of methoxy groups -OCH3 is 1. The summed E-state index contributed by atoms with van der Waals surface area (Å²) in [6.07, 6.45) is 0. The van der Waals surface area contributed by atoms with Crippen LogP contribution in [0.1, 0.15) is 21.5 Å². The molecule has 5 rings (SSSR count). The van der Waals surface area contributed by atoms with Gasteiger partial charge in [0.2, 0.25) is 0 Å². The van der Waals surface area contributed by atoms with E-state index in [1.165, 1.54) is 5.56 Å². The minimum atomic E-state index is 0.125. The van der Waals surface area contributed by atoms with Crippen molar-refractivity contribution in [2.24, 2.45) is 0 Å². The first-order valence-corrected chi connectivity index (χ1v) is 8.66. The van der Waals surface area contributed by atoms with E-state index in [2.05, 4.69) is 22.8 Å². The highest BCUT2D eigenvalue weighted by Crippen LogP contribution is 2.42. The number of carbonyl (C=O) groups is 1. The third kappa shape index (κ3) is 2.04. The standard InChI is InChI=1S/C23H17NO2/c1-26-16-12-10-15(11-13-16)14-24-20-9-5-4-8-19(20)21-22(24)17-6-2-3-7-18(17)23(21)25/h2-13H,14H2,1H3. The number of carbonyl (C=O) groups excluding carboxylic acids is 1. The summed E-state index contributed by atoms with van der Waals surface area (Å²) in [5.41, 5.74) is 5.95. The maximum atomic E-state index is 13.0. The third-order valence-electron chi connectivity index (χ3n) is 5.12. The minimum absolute atomic E-state index is 0.125. The molecule has 3 nitrogen and oxygen atoms in total. The quantitative estimate of drug-likeness (QED) is 0.468. The second-order valence-corrected chi connectivity index (χ2v) is 6.55. The van der Waals surface area contributed by atoms with Gasteiger partial charge in [-0.25, -0.2) is 0 Å². The van der Waals surface area contributed by atoms with Crippen molar-refractivity contribution in [1.82, 2.24) is 4.57 Å². The van der Waals surface area contributed by atoms with E-state index in [1.807, 2.05) is 54.6 Å². The fourth-order valence-electron chi connectivity index (χ4n) is 3.91. The molecule has 0 atom stereocenters. The van der Waals surface area contributed by atoms with Crippen LogP contribution in [0, 0.1) is 0 Å². The van der Waals surface area contributed by atoms with Gasteiger partial charge in [0.25, 0.3) is 0 Å². The molecule has 1 aliphatic rings. The van der Waals surface area contributed by atoms with E-state index in [0.29, 0.717) is 6.54 Å². The fourth-order valence-corrected chi connectivity index (χ4v) is 3.91. The predicted molar refractivity (Wildman–Crippen MR) is 103 cm³/mol. The molecule has 1 aromatic heterocycles. The van der Waals surface area contributed by atoms with Crippen LogP contribution < -0.4 is 4.74 Å². The third-order valence-corrected chi connectivity index (χ3v) is 5.12. The topological polar surface area (TPSA) is 31.2 Å². The number of benzene rings is 3. The summed E-state index contributed by atoms with van der Waals surface area (Å²) >= 11 is 0. The molecule has 0 radical (unpaired) electrons. The number of ketones is 1. The highest BCUT2D eigenvalue weighted by atomic mass is 16.5. The van der Waals surface area contributed by atoms with Crippen LogP contribution in [0.3, 0.4) is 0 Å². The molecule has 0 amide bonds. The average molecular weight is 339 g/mol. The number of rotatable bonds is 3. The normalized spacial score (nSPS) is 12.3. The Morgan fingerprint density at radius 2 is 1.54 bits per heavy atom. The van der Waals surface area contributed by atoms with E-state index in [9.17, 15) is 4.79 Å². The van der Waals surface area contributed by atoms with Gasteiger partial charge in [0.1, 0.15) is 5.75 Å². The highest BCUT2D eigenvalue weighted by molar-refractivity contribution is 6.27. The number of ether oxygens (including phenoxy) is 1. The lowest BCUT2D eigenvalue weighted by atomic mass is 10.1. The molecule has 3 heteroatoms. The van der Waals surface area contributed by atoms with Crippen molar-refractivity contribution in [3.8, 4) is 17.0 Å². The molecule has 0 spiro atoms. The second-order valence-electron chi connectivity index (χ2n) is 6.55. The Morgan fingerprint density at radius 1 is 0.846 bits per heavy atom. The minimum Gasteiger partial charge on any atom is -0.497 e. The highest BCUT2D eigenvalue weighted by Gasteiger charge is 2.32. The Hall–Kier alpha value is -3.33. The van der Waals surface area contributed by atoms with E-state index >= 15 is 0 Å². The Labute approximate surface area is 151 Å². The van der Waals surface area contributed by atoms with Crippen molar-refractivity contribution in [3.63, 3.8) is 0 Å². The van der Waals surface area contributed by atoms with Crippen molar-refractivity contribution >= 4 is 16.7 Å². The second kappa shape index (κ2) is 5.60. The number of hydrogen-bond donors (Lipinski definition) is 0. The largest absolute Gasteiger partial charge is 0.497 e. The van der Waals surface area contributed by atoms with Crippen LogP contribution >= 0.6 is 0 Å². The summed E-state index contributed by atoms with van der Waals surface area (Å²) in [7, 11) is 1.67. The molecule has 0 aliphatic heterocycles. The van der Waals surface area contributed by atoms with E-state index in [1.54, 1.807) is 7.11 Å². The van der Waals surface area contributed by atoms with Gasteiger partial charge in [-0.2, -0.15) is 0 Å². The van der Waals surface area contributed by atoms with Crippen molar-refractivity contribution in [1.29, 1.82) is 0 Å². The number of nitrogens with zero attached hydrogens (tertiary/aromatic N) is 1. The van der Waals surface area contributed by atoms with Crippen LogP contribution in [0.4, 0.5) is 0 Å². The first kappa shape index (κ1) is 15.0. The molecule has 0 saturated carbocycles. The van der Waals surface area contributed by atoms with Crippen LogP contribution in [0.25, 0.3) is 22.2 Å². The summed E-state index contributed by atoms with van der Waals surface area (Å²) in [5.74, 6) is 0.970. The fraction of sp³-hybridized carbons (Fsp3) is 0.0870. The van der Waals surface area contributed by atoms with Gasteiger partial charge in [-0.3, -0.25) is 4.79 Å². The van der Waals surface area contributed by atoms with Crippen molar-refractivity contribution in [3.05, 3.63) is 89.5 Å². The number of para-hydroxylation sites is 1. The number of fused-ring (bicyclic) bond motifs is 5. The molecule has 126 valence electrons. The molecule has 0 unspecified atom stereocenters. The maximum Gasteiger partial charge on any atom is 0.196 e. The molecule has 3 aromatic carbocycles. The summed E-state index contributed by atoms with van der Waals surface area (Å²) < 4.78 is 7.52. The van der Waals surface area contributed by atoms with E-state index in [-0.39, 0.29) is 5.78 Å². The smallest absolute Gasteiger partial charge is 0.196 e. The van der Waals surface area contributed by atoms with Crippen LogP contribution in [0.5, 0.6) is 5.75 Å². The Morgan fingerprint density at radius 3 is 2.31 bits per heavy atom. The lowest BCUT2D eigenvalue weighted by Crippen LogP contribution is -2.01. The predicted octanol–water partition coefficient (Wildman–Crippen LogP) is 4.91. The zero-order valence-corrected chi connectivity index (χ0v) is 14.4. The first-order chi connectivity index (χ1) is 12.8. The van der Waals surface area contributed by atoms with Crippen LogP contribution in [-0.2, 0) is 6.54 Å². The summed E-state index contributed by atoms with van der Waals surface area (Å²) in [6, 6.07) is 24.1. The van der Waals surface area contributed by atoms with Crippen molar-refractivity contribution < 1.29 is 9.53 Å². The molecule has 1 aliphatic carbocycles. The Bertz CT molecular complexity index is 1150. The molecule has 26 heavy (non-hydrogen) atoms. The lowest BCUT2D eigenvalue weighted by molar-refractivity contribution is 0.104. The van der Waals surface area contributed by atoms with Crippen molar-refractivity contribution in [2.75, 3.05) is 7.11 Å². The zero-order valence-electron chi connectivity index (χ0n) is 14.4. The molecular weight excluding hydrogens is 322 g/mol. The van der Waals surface area contributed by atoms with Gasteiger partial charge in [0.15, 0.2) is 5.78 Å². The molecule has 0 saturated heterocycles. The molecular formula is C23H17NO2. The van der Waals surface area contributed by atoms with Gasteiger partial charge >= 0.3 is 0 Å². The molecule has 0 bridgehead atoms. The maximum absolute atomic E-state index is 13.0. The number of aromatic nitrogens is 1. The molecule has 0 N–H and O–H groups in total. The first-order valence-electron chi connectivity index (χ1n) is 8.66. The summed E-state index contributed by atoms with van der Waals surface area (Å²) in [5, 5.41) is 1.03. The summed E-state index contributed by atoms with van der Waals surface area (Å²) in [6.45, 7) is 0.710. The van der Waals surface area contributed by atoms with Gasteiger partial charge in [0.05, 0.1) is 18.4 Å². The van der Waals surface area contributed by atoms with Gasteiger partial charge in [-0.05, 0) is 23.8 Å². The van der Waals surface area contributed by atoms with E-state index in [4.69, 9.17) is 4.74 Å². The average Bonchev–Trinajstić information content (AvgIpc) is 3.17. The van der Waals surface area contributed by atoms with Crippen LogP contribution in [0.15, 0.2) is 72.8 Å². The Balaban J connectivity index is 1.75. The zero-order chi connectivity index (χ0) is 17.7. The van der Waals surface area contributed by atoms with Crippen molar-refractivity contribution in [2.45, 2.75) is 6.54 Å². The van der Waals surface area contributed by atoms with Gasteiger partial charge < -0.3 is 9.30 Å². The lowest BCUT2D eigenvalue weighted by Gasteiger charge is -2.11. The molecule has 0 fully saturated rings. The van der Waals surface area contributed by atoms with Crippen LogP contribution in [0.2, 0.25) is 0 Å². The van der Waals surface area contributed by atoms with Gasteiger partial charge in [-0.15, -0.1) is 0 Å².